The highest BCUT2D eigenvalue weighted by molar-refractivity contribution is 6.14. The van der Waals surface area contributed by atoms with Crippen LogP contribution >= 0.6 is 0 Å². The number of rotatable bonds is 6. The topological polar surface area (TPSA) is 78.5 Å². The van der Waals surface area contributed by atoms with Crippen LogP contribution in [0.2, 0.25) is 0 Å². The first kappa shape index (κ1) is 27.2. The highest BCUT2D eigenvalue weighted by Crippen LogP contribution is 2.35. The number of aromatic nitrogens is 6. The summed E-state index contributed by atoms with van der Waals surface area (Å²) in [5.74, 6) is 0.347. The third-order valence-electron chi connectivity index (χ3n) is 7.78. The molecule has 7 nitrogen and oxygen atoms in total. The first-order chi connectivity index (χ1) is 21.6. The van der Waals surface area contributed by atoms with Gasteiger partial charge in [-0.25, -0.2) is 9.36 Å². The number of benzene rings is 2. The van der Waals surface area contributed by atoms with Crippen molar-refractivity contribution in [3.05, 3.63) is 144 Å². The molecule has 0 radical (unpaired) electrons. The molecule has 7 heteroatoms. The van der Waals surface area contributed by atoms with Gasteiger partial charge < -0.3 is 0 Å². The Morgan fingerprint density at radius 2 is 1.09 bits per heavy atom. The van der Waals surface area contributed by atoms with E-state index in [0.717, 1.165) is 56.2 Å². The van der Waals surface area contributed by atoms with E-state index in [4.69, 9.17) is 10.2 Å². The van der Waals surface area contributed by atoms with Gasteiger partial charge in [-0.05, 0) is 79.4 Å². The molecule has 0 saturated heterocycles. The number of para-hydroxylation sites is 2. The van der Waals surface area contributed by atoms with Crippen molar-refractivity contribution >= 4 is 17.9 Å². The first-order valence-corrected chi connectivity index (χ1v) is 14.7. The maximum atomic E-state index is 14.1. The second-order valence-electron chi connectivity index (χ2n) is 11.1. The molecule has 0 amide bonds. The number of Topliss-reactive ketones (excluding diaryl/α,β-unsaturated/α-hetero) is 1. The predicted molar refractivity (Wildman–Crippen MR) is 173 cm³/mol. The Hall–Kier alpha value is -5.69. The van der Waals surface area contributed by atoms with E-state index in [0.29, 0.717) is 18.8 Å². The summed E-state index contributed by atoms with van der Waals surface area (Å²) in [6.07, 6.45) is 16.5. The molecule has 6 aromatic rings. The fourth-order valence-electron chi connectivity index (χ4n) is 5.71. The van der Waals surface area contributed by atoms with Crippen LogP contribution in [0.1, 0.15) is 30.9 Å². The van der Waals surface area contributed by atoms with E-state index < -0.39 is 0 Å². The average molecular weight is 575 g/mol. The van der Waals surface area contributed by atoms with Crippen LogP contribution in [0, 0.1) is 5.92 Å². The predicted octanol–water partition coefficient (Wildman–Crippen LogP) is 7.65. The van der Waals surface area contributed by atoms with Gasteiger partial charge in [0.25, 0.3) is 0 Å². The van der Waals surface area contributed by atoms with Gasteiger partial charge >= 0.3 is 0 Å². The van der Waals surface area contributed by atoms with Crippen LogP contribution in [-0.2, 0) is 4.79 Å². The molecule has 4 aromatic heterocycles. The zero-order chi connectivity index (χ0) is 29.9. The highest BCUT2D eigenvalue weighted by Gasteiger charge is 2.27. The molecule has 0 atom stereocenters. The Labute approximate surface area is 255 Å². The van der Waals surface area contributed by atoms with E-state index in [2.05, 4.69) is 16.9 Å². The Balaban J connectivity index is 1.30. The van der Waals surface area contributed by atoms with Gasteiger partial charge in [-0.3, -0.25) is 14.8 Å². The lowest BCUT2D eigenvalue weighted by molar-refractivity contribution is -0.113. The minimum absolute atomic E-state index is 0.0531. The average Bonchev–Trinajstić information content (AvgIpc) is 3.70. The van der Waals surface area contributed by atoms with Gasteiger partial charge in [0.15, 0.2) is 5.78 Å². The van der Waals surface area contributed by atoms with Gasteiger partial charge in [-0.15, -0.1) is 0 Å². The summed E-state index contributed by atoms with van der Waals surface area (Å²) >= 11 is 0. The van der Waals surface area contributed by atoms with Gasteiger partial charge in [0.1, 0.15) is 11.4 Å². The molecule has 214 valence electrons. The number of carbonyl (C=O) groups excluding carboxylic acids is 1. The normalized spacial score (nSPS) is 16.9. The summed E-state index contributed by atoms with van der Waals surface area (Å²) in [4.78, 5) is 22.7. The zero-order valence-electron chi connectivity index (χ0n) is 24.3. The van der Waals surface area contributed by atoms with Crippen molar-refractivity contribution in [3.8, 4) is 33.9 Å². The summed E-state index contributed by atoms with van der Waals surface area (Å²) in [6.45, 7) is 2.19. The molecular formula is C37H30N6O. The summed E-state index contributed by atoms with van der Waals surface area (Å²) in [6, 6.07) is 27.8. The molecule has 7 rings (SSSR count). The monoisotopic (exact) mass is 574 g/mol. The largest absolute Gasteiger partial charge is 0.289 e. The second kappa shape index (κ2) is 11.9. The van der Waals surface area contributed by atoms with E-state index in [-0.39, 0.29) is 5.78 Å². The summed E-state index contributed by atoms with van der Waals surface area (Å²) in [5.41, 5.74) is 8.57. The third kappa shape index (κ3) is 5.55. The molecule has 1 saturated carbocycles. The quantitative estimate of drug-likeness (QED) is 0.191. The lowest BCUT2D eigenvalue weighted by Crippen LogP contribution is -2.18. The standard InChI is InChI=1S/C37H30N6O/c1-26-18-29(20-31-24-42(33-12-4-2-5-13-33)40-35(31)27-10-8-16-38-22-27)37(44)30(19-26)21-32-25-43(34-14-6-3-7-15-34)41-36(32)28-11-9-17-39-23-28/h2-17,20-26H,18-19H2,1H3/b29-20-,30-21-. The Morgan fingerprint density at radius 3 is 1.50 bits per heavy atom. The van der Waals surface area contributed by atoms with Crippen molar-refractivity contribution in [2.45, 2.75) is 19.8 Å². The summed E-state index contributed by atoms with van der Waals surface area (Å²) in [5, 5.41) is 9.83. The molecule has 0 spiro atoms. The molecule has 0 unspecified atom stereocenters. The van der Waals surface area contributed by atoms with Crippen molar-refractivity contribution in [2.75, 3.05) is 0 Å². The molecule has 2 aromatic carbocycles. The van der Waals surface area contributed by atoms with Gasteiger partial charge in [-0.1, -0.05) is 43.3 Å². The van der Waals surface area contributed by atoms with E-state index in [9.17, 15) is 4.79 Å². The minimum Gasteiger partial charge on any atom is -0.289 e. The Bertz CT molecular complexity index is 1830. The van der Waals surface area contributed by atoms with Crippen molar-refractivity contribution in [3.63, 3.8) is 0 Å². The maximum absolute atomic E-state index is 14.1. The Morgan fingerprint density at radius 1 is 0.636 bits per heavy atom. The Kier molecular flexibility index (Phi) is 7.34. The van der Waals surface area contributed by atoms with E-state index in [1.165, 1.54) is 0 Å². The highest BCUT2D eigenvalue weighted by atomic mass is 16.1. The molecule has 0 bridgehead atoms. The number of carbonyl (C=O) groups is 1. The van der Waals surface area contributed by atoms with Crippen LogP contribution in [0.15, 0.2) is 133 Å². The smallest absolute Gasteiger partial charge is 0.185 e. The lowest BCUT2D eigenvalue weighted by atomic mass is 9.80. The van der Waals surface area contributed by atoms with Crippen LogP contribution in [0.25, 0.3) is 46.0 Å². The molecule has 4 heterocycles. The van der Waals surface area contributed by atoms with Crippen molar-refractivity contribution in [1.82, 2.24) is 29.5 Å². The van der Waals surface area contributed by atoms with Gasteiger partial charge in [0, 0.05) is 70.6 Å². The second-order valence-corrected chi connectivity index (χ2v) is 11.1. The van der Waals surface area contributed by atoms with Crippen LogP contribution < -0.4 is 0 Å². The van der Waals surface area contributed by atoms with Crippen molar-refractivity contribution in [2.24, 2.45) is 5.92 Å². The fraction of sp³-hybridized carbons (Fsp3) is 0.108. The van der Waals surface area contributed by atoms with Crippen molar-refractivity contribution in [1.29, 1.82) is 0 Å². The van der Waals surface area contributed by atoms with Gasteiger partial charge in [0.2, 0.25) is 0 Å². The number of ketones is 1. The first-order valence-electron chi connectivity index (χ1n) is 14.7. The van der Waals surface area contributed by atoms with Crippen LogP contribution in [-0.4, -0.2) is 35.3 Å². The molecule has 0 aliphatic heterocycles. The van der Waals surface area contributed by atoms with Gasteiger partial charge in [-0.2, -0.15) is 10.2 Å². The molecule has 1 aliphatic rings. The number of nitrogens with zero attached hydrogens (tertiary/aromatic N) is 6. The number of hydrogen-bond donors (Lipinski definition) is 0. The summed E-state index contributed by atoms with van der Waals surface area (Å²) < 4.78 is 3.72. The van der Waals surface area contributed by atoms with Crippen LogP contribution in [0.4, 0.5) is 0 Å². The van der Waals surface area contributed by atoms with E-state index in [1.54, 1.807) is 24.8 Å². The van der Waals surface area contributed by atoms with Gasteiger partial charge in [0.05, 0.1) is 11.4 Å². The van der Waals surface area contributed by atoms with Crippen molar-refractivity contribution < 1.29 is 4.79 Å². The maximum Gasteiger partial charge on any atom is 0.185 e. The fourth-order valence-corrected chi connectivity index (χ4v) is 5.71. The van der Waals surface area contributed by atoms with Crippen LogP contribution in [0.3, 0.4) is 0 Å². The van der Waals surface area contributed by atoms with E-state index >= 15 is 0 Å². The minimum atomic E-state index is 0.0531. The summed E-state index contributed by atoms with van der Waals surface area (Å²) in [7, 11) is 0. The van der Waals surface area contributed by atoms with E-state index in [1.807, 2.05) is 119 Å². The third-order valence-corrected chi connectivity index (χ3v) is 7.78. The number of allylic oxidation sites excluding steroid dienone is 2. The molecule has 1 aliphatic carbocycles. The molecular weight excluding hydrogens is 544 g/mol. The van der Waals surface area contributed by atoms with Crippen LogP contribution in [0.5, 0.6) is 0 Å². The number of hydrogen-bond acceptors (Lipinski definition) is 5. The number of pyridine rings is 2. The SMILES string of the molecule is CC1C/C(=C/c2cn(-c3ccccc3)nc2-c2cccnc2)C(=O)/C(=C\c2cn(-c3ccccc3)nc2-c2cccnc2)C1. The molecule has 0 N–H and O–H groups in total. The molecule has 1 fully saturated rings. The molecule has 44 heavy (non-hydrogen) atoms. The lowest BCUT2D eigenvalue weighted by Gasteiger charge is -2.22. The zero-order valence-corrected chi connectivity index (χ0v) is 24.3.